The van der Waals surface area contributed by atoms with E-state index in [0.29, 0.717) is 29.7 Å². The molecule has 3 aromatic rings. The lowest BCUT2D eigenvalue weighted by Gasteiger charge is -2.09. The molecule has 1 heterocycles. The molecule has 1 amide bonds. The van der Waals surface area contributed by atoms with Crippen molar-refractivity contribution in [2.45, 2.75) is 33.1 Å². The Morgan fingerprint density at radius 2 is 1.88 bits per heavy atom. The van der Waals surface area contributed by atoms with Gasteiger partial charge in [0.25, 0.3) is 5.91 Å². The van der Waals surface area contributed by atoms with Gasteiger partial charge in [-0.3, -0.25) is 10.1 Å². The molecular formula is C25H26N4O3S. The van der Waals surface area contributed by atoms with Crippen molar-refractivity contribution >= 4 is 28.5 Å². The maximum atomic E-state index is 12.4. The summed E-state index contributed by atoms with van der Waals surface area (Å²) < 4.78 is 11.4. The predicted octanol–water partition coefficient (Wildman–Crippen LogP) is 5.19. The van der Waals surface area contributed by atoms with Crippen LogP contribution in [0.25, 0.3) is 6.08 Å². The monoisotopic (exact) mass is 462 g/mol. The number of rotatable bonds is 11. The number of carbonyl (C=O) groups excluding carboxylic acids is 1. The van der Waals surface area contributed by atoms with Gasteiger partial charge in [0.15, 0.2) is 0 Å². The number of carbonyl (C=O) groups is 1. The molecule has 0 spiro atoms. The molecule has 8 heteroatoms. The molecule has 3 rings (SSSR count). The van der Waals surface area contributed by atoms with E-state index in [-0.39, 0.29) is 5.57 Å². The summed E-state index contributed by atoms with van der Waals surface area (Å²) in [6.45, 7) is 4.95. The number of hydrogen-bond donors (Lipinski definition) is 1. The summed E-state index contributed by atoms with van der Waals surface area (Å²) in [4.78, 5) is 12.4. The van der Waals surface area contributed by atoms with Crippen LogP contribution in [-0.2, 0) is 11.2 Å². The van der Waals surface area contributed by atoms with Crippen molar-refractivity contribution in [2.75, 3.05) is 18.5 Å². The first-order valence-electron chi connectivity index (χ1n) is 10.7. The molecule has 0 aliphatic heterocycles. The molecule has 2 aromatic carbocycles. The van der Waals surface area contributed by atoms with Crippen LogP contribution in [0, 0.1) is 18.3 Å². The van der Waals surface area contributed by atoms with Crippen LogP contribution in [0.1, 0.15) is 35.9 Å². The second-order valence-electron chi connectivity index (χ2n) is 7.31. The Hall–Kier alpha value is -3.70. The second kappa shape index (κ2) is 12.4. The lowest BCUT2D eigenvalue weighted by Crippen LogP contribution is -2.13. The third kappa shape index (κ3) is 7.74. The average molecular weight is 463 g/mol. The zero-order valence-electron chi connectivity index (χ0n) is 18.7. The van der Waals surface area contributed by atoms with E-state index < -0.39 is 5.91 Å². The number of nitriles is 1. The molecule has 0 atom stereocenters. The number of nitrogens with zero attached hydrogens (tertiary/aromatic N) is 3. The molecule has 0 radical (unpaired) electrons. The van der Waals surface area contributed by atoms with E-state index in [0.717, 1.165) is 35.6 Å². The highest BCUT2D eigenvalue weighted by Gasteiger charge is 2.13. The Morgan fingerprint density at radius 3 is 2.58 bits per heavy atom. The van der Waals surface area contributed by atoms with Crippen molar-refractivity contribution in [3.05, 3.63) is 70.2 Å². The molecule has 33 heavy (non-hydrogen) atoms. The van der Waals surface area contributed by atoms with Gasteiger partial charge < -0.3 is 9.47 Å². The van der Waals surface area contributed by atoms with Gasteiger partial charge in [-0.2, -0.15) is 5.26 Å². The van der Waals surface area contributed by atoms with Crippen LogP contribution in [0.5, 0.6) is 11.5 Å². The first-order valence-corrected chi connectivity index (χ1v) is 11.6. The normalized spacial score (nSPS) is 11.0. The first-order chi connectivity index (χ1) is 16.1. The number of unbranched alkanes of at least 4 members (excludes halogenated alkanes) is 1. The number of ether oxygens (including phenoxy) is 2. The SMILES string of the molecule is CCCCc1nnc(NC(=O)/C(C#N)=C\c2ccc(OCCOc3cccc(C)c3)cc2)s1. The summed E-state index contributed by atoms with van der Waals surface area (Å²) >= 11 is 1.33. The quantitative estimate of drug-likeness (QED) is 0.239. The minimum absolute atomic E-state index is 0.0134. The van der Waals surface area contributed by atoms with Crippen LogP contribution in [0.15, 0.2) is 54.1 Å². The van der Waals surface area contributed by atoms with Crippen molar-refractivity contribution in [3.8, 4) is 17.6 Å². The average Bonchev–Trinajstić information content (AvgIpc) is 3.27. The standard InChI is InChI=1S/C25H26N4O3S/c1-3-4-8-23-28-29-25(33-23)27-24(30)20(17-26)16-19-9-11-21(12-10-19)31-13-14-32-22-7-5-6-18(2)15-22/h5-7,9-12,15-16H,3-4,8,13-14H2,1-2H3,(H,27,29,30)/b20-16-. The van der Waals surface area contributed by atoms with Gasteiger partial charge in [0, 0.05) is 6.42 Å². The Balaban J connectivity index is 1.50. The van der Waals surface area contributed by atoms with E-state index in [1.807, 2.05) is 37.3 Å². The maximum Gasteiger partial charge on any atom is 0.268 e. The zero-order valence-corrected chi connectivity index (χ0v) is 19.5. The highest BCUT2D eigenvalue weighted by molar-refractivity contribution is 7.15. The number of anilines is 1. The minimum Gasteiger partial charge on any atom is -0.490 e. The van der Waals surface area contributed by atoms with Gasteiger partial charge in [0.2, 0.25) is 5.13 Å². The van der Waals surface area contributed by atoms with Crippen molar-refractivity contribution in [1.29, 1.82) is 5.26 Å². The summed E-state index contributed by atoms with van der Waals surface area (Å²) in [6.07, 6.45) is 4.44. The summed E-state index contributed by atoms with van der Waals surface area (Å²) in [6, 6.07) is 16.9. The number of amides is 1. The number of aromatic nitrogens is 2. The van der Waals surface area contributed by atoms with E-state index in [9.17, 15) is 10.1 Å². The summed E-state index contributed by atoms with van der Waals surface area (Å²) in [5.74, 6) is 0.979. The summed E-state index contributed by atoms with van der Waals surface area (Å²) in [5.41, 5.74) is 1.84. The van der Waals surface area contributed by atoms with E-state index in [1.54, 1.807) is 24.3 Å². The van der Waals surface area contributed by atoms with E-state index in [1.165, 1.54) is 17.4 Å². The van der Waals surface area contributed by atoms with Crippen LogP contribution in [0.4, 0.5) is 5.13 Å². The van der Waals surface area contributed by atoms with Gasteiger partial charge >= 0.3 is 0 Å². The van der Waals surface area contributed by atoms with Crippen LogP contribution in [0.3, 0.4) is 0 Å². The predicted molar refractivity (Wildman–Crippen MR) is 129 cm³/mol. The molecule has 1 N–H and O–H groups in total. The Morgan fingerprint density at radius 1 is 1.12 bits per heavy atom. The highest BCUT2D eigenvalue weighted by Crippen LogP contribution is 2.19. The zero-order chi connectivity index (χ0) is 23.5. The van der Waals surface area contributed by atoms with Crippen LogP contribution in [-0.4, -0.2) is 29.3 Å². The molecule has 0 fully saturated rings. The van der Waals surface area contributed by atoms with Crippen molar-refractivity contribution < 1.29 is 14.3 Å². The van der Waals surface area contributed by atoms with Gasteiger partial charge in [-0.25, -0.2) is 0 Å². The van der Waals surface area contributed by atoms with Crippen molar-refractivity contribution in [3.63, 3.8) is 0 Å². The Bertz CT molecular complexity index is 1130. The fraction of sp³-hybridized carbons (Fsp3) is 0.280. The lowest BCUT2D eigenvalue weighted by molar-refractivity contribution is -0.112. The largest absolute Gasteiger partial charge is 0.490 e. The van der Waals surface area contributed by atoms with Crippen LogP contribution >= 0.6 is 11.3 Å². The van der Waals surface area contributed by atoms with Crippen molar-refractivity contribution in [1.82, 2.24) is 10.2 Å². The van der Waals surface area contributed by atoms with Gasteiger partial charge in [0.05, 0.1) is 0 Å². The van der Waals surface area contributed by atoms with Crippen molar-refractivity contribution in [2.24, 2.45) is 0 Å². The minimum atomic E-state index is -0.510. The molecule has 0 saturated heterocycles. The molecule has 0 saturated carbocycles. The molecule has 0 unspecified atom stereocenters. The number of aryl methyl sites for hydroxylation is 2. The highest BCUT2D eigenvalue weighted by atomic mass is 32.1. The molecule has 7 nitrogen and oxygen atoms in total. The summed E-state index contributed by atoms with van der Waals surface area (Å²) in [5, 5.41) is 21.4. The Labute approximate surface area is 197 Å². The Kier molecular flexibility index (Phi) is 8.98. The maximum absolute atomic E-state index is 12.4. The molecule has 170 valence electrons. The van der Waals surface area contributed by atoms with E-state index >= 15 is 0 Å². The summed E-state index contributed by atoms with van der Waals surface area (Å²) in [7, 11) is 0. The fourth-order valence-electron chi connectivity index (χ4n) is 2.90. The van der Waals surface area contributed by atoms with E-state index in [4.69, 9.17) is 9.47 Å². The topological polar surface area (TPSA) is 97.1 Å². The number of nitrogens with one attached hydrogen (secondary N) is 1. The van der Waals surface area contributed by atoms with E-state index in [2.05, 4.69) is 22.4 Å². The fourth-order valence-corrected chi connectivity index (χ4v) is 3.67. The first kappa shape index (κ1) is 24.0. The van der Waals surface area contributed by atoms with Crippen LogP contribution in [0.2, 0.25) is 0 Å². The number of hydrogen-bond acceptors (Lipinski definition) is 7. The third-order valence-corrected chi connectivity index (χ3v) is 5.50. The molecular weight excluding hydrogens is 436 g/mol. The third-order valence-electron chi connectivity index (χ3n) is 4.60. The van der Waals surface area contributed by atoms with Crippen LogP contribution < -0.4 is 14.8 Å². The smallest absolute Gasteiger partial charge is 0.268 e. The molecule has 0 bridgehead atoms. The van der Waals surface area contributed by atoms with Gasteiger partial charge in [0.1, 0.15) is 41.4 Å². The lowest BCUT2D eigenvalue weighted by atomic mass is 10.1. The van der Waals surface area contributed by atoms with Gasteiger partial charge in [-0.1, -0.05) is 48.9 Å². The molecule has 0 aliphatic rings. The second-order valence-corrected chi connectivity index (χ2v) is 8.37. The molecule has 0 aliphatic carbocycles. The van der Waals surface area contributed by atoms with Gasteiger partial charge in [-0.15, -0.1) is 10.2 Å². The van der Waals surface area contributed by atoms with Gasteiger partial charge in [-0.05, 0) is 54.8 Å². The molecule has 1 aromatic heterocycles. The number of benzene rings is 2.